The van der Waals surface area contributed by atoms with Crippen LogP contribution in [-0.4, -0.2) is 36.7 Å². The number of carbonyl (C=O) groups excluding carboxylic acids is 3. The van der Waals surface area contributed by atoms with Gasteiger partial charge in [-0.1, -0.05) is 29.8 Å². The molecular formula is C20H19ClN2O4S. The molecule has 0 bridgehead atoms. The molecule has 0 fully saturated rings. The third-order valence-electron chi connectivity index (χ3n) is 4.25. The number of nitrogens with one attached hydrogen (secondary N) is 1. The number of thioether (sulfide) groups is 1. The molecule has 0 radical (unpaired) electrons. The summed E-state index contributed by atoms with van der Waals surface area (Å²) in [5, 5.41) is 3.21. The molecule has 6 nitrogen and oxygen atoms in total. The van der Waals surface area contributed by atoms with E-state index in [9.17, 15) is 14.4 Å². The van der Waals surface area contributed by atoms with E-state index < -0.39 is 18.5 Å². The lowest BCUT2D eigenvalue weighted by molar-refractivity contribution is -0.147. The Bertz CT molecular complexity index is 919. The lowest BCUT2D eigenvalue weighted by Crippen LogP contribution is -2.37. The highest BCUT2D eigenvalue weighted by Gasteiger charge is 2.25. The number of hydrogen-bond acceptors (Lipinski definition) is 5. The van der Waals surface area contributed by atoms with Crippen molar-refractivity contribution in [1.29, 1.82) is 0 Å². The molecule has 1 heterocycles. The molecule has 8 heteroatoms. The fourth-order valence-electron chi connectivity index (χ4n) is 2.75. The van der Waals surface area contributed by atoms with Crippen LogP contribution >= 0.6 is 23.4 Å². The summed E-state index contributed by atoms with van der Waals surface area (Å²) in [4.78, 5) is 38.8. The van der Waals surface area contributed by atoms with Crippen LogP contribution in [0.1, 0.15) is 12.0 Å². The average Bonchev–Trinajstić information content (AvgIpc) is 2.69. The van der Waals surface area contributed by atoms with Gasteiger partial charge in [0.1, 0.15) is 0 Å². The second-order valence-electron chi connectivity index (χ2n) is 6.17. The largest absolute Gasteiger partial charge is 0.456 e. The van der Waals surface area contributed by atoms with Crippen LogP contribution in [0.3, 0.4) is 0 Å². The smallest absolute Gasteiger partial charge is 0.308 e. The molecule has 0 saturated heterocycles. The minimum absolute atomic E-state index is 0.00815. The first-order chi connectivity index (χ1) is 13.5. The summed E-state index contributed by atoms with van der Waals surface area (Å²) in [6, 6.07) is 12.7. The molecule has 1 N–H and O–H groups in total. The first-order valence-electron chi connectivity index (χ1n) is 8.68. The number of benzene rings is 2. The van der Waals surface area contributed by atoms with E-state index in [1.165, 1.54) is 11.8 Å². The third-order valence-corrected chi connectivity index (χ3v) is 5.71. The first kappa shape index (κ1) is 20.2. The van der Waals surface area contributed by atoms with Crippen LogP contribution in [-0.2, 0) is 19.1 Å². The Hall–Kier alpha value is -2.51. The summed E-state index contributed by atoms with van der Waals surface area (Å²) in [7, 11) is 0. The maximum absolute atomic E-state index is 12.2. The van der Waals surface area contributed by atoms with E-state index >= 15 is 0 Å². The number of carbonyl (C=O) groups is 3. The maximum atomic E-state index is 12.2. The van der Waals surface area contributed by atoms with E-state index in [2.05, 4.69) is 5.32 Å². The Labute approximate surface area is 172 Å². The number of hydrogen-bond donors (Lipinski definition) is 1. The van der Waals surface area contributed by atoms with Crippen molar-refractivity contribution in [2.75, 3.05) is 29.1 Å². The van der Waals surface area contributed by atoms with Crippen LogP contribution in [0.2, 0.25) is 5.02 Å². The second-order valence-corrected chi connectivity index (χ2v) is 7.60. The molecule has 0 atom stereocenters. The van der Waals surface area contributed by atoms with Gasteiger partial charge in [-0.05, 0) is 36.8 Å². The van der Waals surface area contributed by atoms with Crippen molar-refractivity contribution in [1.82, 2.24) is 0 Å². The molecule has 0 aliphatic carbocycles. The normalized spacial score (nSPS) is 13.1. The molecule has 0 saturated carbocycles. The monoisotopic (exact) mass is 418 g/mol. The highest BCUT2D eigenvalue weighted by Crippen LogP contribution is 2.34. The van der Waals surface area contributed by atoms with Crippen molar-refractivity contribution in [3.63, 3.8) is 0 Å². The van der Waals surface area contributed by atoms with Gasteiger partial charge in [-0.15, -0.1) is 11.8 Å². The van der Waals surface area contributed by atoms with Gasteiger partial charge in [0.15, 0.2) is 6.61 Å². The van der Waals surface area contributed by atoms with Crippen LogP contribution in [0, 0.1) is 6.92 Å². The number of ether oxygens (including phenoxy) is 1. The summed E-state index contributed by atoms with van der Waals surface area (Å²) in [5.41, 5.74) is 2.11. The molecule has 1 aliphatic heterocycles. The molecule has 0 unspecified atom stereocenters. The Morgan fingerprint density at radius 1 is 1.21 bits per heavy atom. The average molecular weight is 419 g/mol. The van der Waals surface area contributed by atoms with Crippen LogP contribution in [0.25, 0.3) is 0 Å². The van der Waals surface area contributed by atoms with Crippen LogP contribution in [0.4, 0.5) is 11.4 Å². The Balaban J connectivity index is 1.49. The molecule has 2 aromatic rings. The third kappa shape index (κ3) is 4.85. The van der Waals surface area contributed by atoms with Gasteiger partial charge in [0.2, 0.25) is 5.91 Å². The number of esters is 1. The van der Waals surface area contributed by atoms with Crippen LogP contribution in [0.15, 0.2) is 47.4 Å². The van der Waals surface area contributed by atoms with E-state index in [1.54, 1.807) is 30.0 Å². The van der Waals surface area contributed by atoms with E-state index in [0.29, 0.717) is 16.5 Å². The Kier molecular flexibility index (Phi) is 6.59. The molecular weight excluding hydrogens is 400 g/mol. The van der Waals surface area contributed by atoms with Crippen molar-refractivity contribution in [2.45, 2.75) is 18.2 Å². The summed E-state index contributed by atoms with van der Waals surface area (Å²) in [5.74, 6) is -0.699. The summed E-state index contributed by atoms with van der Waals surface area (Å²) in [6.45, 7) is 1.60. The van der Waals surface area contributed by atoms with E-state index in [0.717, 1.165) is 16.1 Å². The van der Waals surface area contributed by atoms with E-state index in [-0.39, 0.29) is 18.9 Å². The van der Waals surface area contributed by atoms with Gasteiger partial charge in [-0.2, -0.15) is 0 Å². The van der Waals surface area contributed by atoms with Crippen LogP contribution < -0.4 is 10.2 Å². The van der Waals surface area contributed by atoms with Gasteiger partial charge in [-0.25, -0.2) is 0 Å². The Morgan fingerprint density at radius 3 is 2.82 bits per heavy atom. The number of anilines is 2. The molecule has 146 valence electrons. The van der Waals surface area contributed by atoms with Crippen LogP contribution in [0.5, 0.6) is 0 Å². The van der Waals surface area contributed by atoms with Gasteiger partial charge < -0.3 is 15.0 Å². The molecule has 0 spiro atoms. The van der Waals surface area contributed by atoms with Crippen molar-refractivity contribution >= 4 is 52.5 Å². The molecule has 2 amide bonds. The zero-order chi connectivity index (χ0) is 20.1. The second kappa shape index (κ2) is 9.12. The first-order valence-corrected chi connectivity index (χ1v) is 10.0. The van der Waals surface area contributed by atoms with Gasteiger partial charge >= 0.3 is 5.97 Å². The predicted molar refractivity (Wildman–Crippen MR) is 110 cm³/mol. The number of amides is 2. The number of rotatable bonds is 6. The fourth-order valence-corrected chi connectivity index (χ4v) is 3.86. The van der Waals surface area contributed by atoms with E-state index in [1.807, 2.05) is 24.3 Å². The van der Waals surface area contributed by atoms with Crippen molar-refractivity contribution in [2.24, 2.45) is 0 Å². The van der Waals surface area contributed by atoms with Crippen molar-refractivity contribution < 1.29 is 19.1 Å². The number of halogens is 1. The fraction of sp³-hybridized carbons (Fsp3) is 0.250. The van der Waals surface area contributed by atoms with Crippen molar-refractivity contribution in [3.05, 3.63) is 53.1 Å². The molecule has 3 rings (SSSR count). The summed E-state index contributed by atoms with van der Waals surface area (Å²) >= 11 is 7.50. The maximum Gasteiger partial charge on any atom is 0.308 e. The zero-order valence-corrected chi connectivity index (χ0v) is 16.8. The van der Waals surface area contributed by atoms with Gasteiger partial charge in [0.05, 0.1) is 17.9 Å². The number of para-hydroxylation sites is 1. The molecule has 2 aromatic carbocycles. The molecule has 0 aromatic heterocycles. The standard InChI is InChI=1S/C20H19ClN2O4S/c1-13-14(21)5-4-6-15(13)22-18(24)11-27-20(26)9-10-23-16-7-2-3-8-17(16)28-12-19(23)25/h2-8H,9-12H2,1H3,(H,22,24). The van der Waals surface area contributed by atoms with Gasteiger partial charge in [-0.3, -0.25) is 14.4 Å². The minimum Gasteiger partial charge on any atom is -0.456 e. The SMILES string of the molecule is Cc1c(Cl)cccc1NC(=O)COC(=O)CCN1C(=O)CSc2ccccc21. The summed E-state index contributed by atoms with van der Waals surface area (Å²) in [6.07, 6.45) is 0.00815. The lowest BCUT2D eigenvalue weighted by atomic mass is 10.2. The number of nitrogens with zero attached hydrogens (tertiary/aromatic N) is 1. The summed E-state index contributed by atoms with van der Waals surface area (Å²) < 4.78 is 5.03. The zero-order valence-electron chi connectivity index (χ0n) is 15.2. The van der Waals surface area contributed by atoms with Crippen molar-refractivity contribution in [3.8, 4) is 0 Å². The Morgan fingerprint density at radius 2 is 2.00 bits per heavy atom. The highest BCUT2D eigenvalue weighted by atomic mass is 35.5. The highest BCUT2D eigenvalue weighted by molar-refractivity contribution is 8.00. The topological polar surface area (TPSA) is 75.7 Å². The predicted octanol–water partition coefficient (Wildman–Crippen LogP) is 3.66. The van der Waals surface area contributed by atoms with Gasteiger partial charge in [0, 0.05) is 22.2 Å². The lowest BCUT2D eigenvalue weighted by Gasteiger charge is -2.28. The number of fused-ring (bicyclic) bond motifs is 1. The van der Waals surface area contributed by atoms with Gasteiger partial charge in [0.25, 0.3) is 5.91 Å². The molecule has 28 heavy (non-hydrogen) atoms. The minimum atomic E-state index is -0.540. The quantitative estimate of drug-likeness (QED) is 0.724. The van der Waals surface area contributed by atoms with E-state index in [4.69, 9.17) is 16.3 Å². The molecule has 1 aliphatic rings.